The Hall–Kier alpha value is -2.08. The molecular formula is C14H18N4O2. The van der Waals surface area contributed by atoms with Gasteiger partial charge >= 0.3 is 0 Å². The number of rotatable bonds is 2. The quantitative estimate of drug-likeness (QED) is 0.829. The van der Waals surface area contributed by atoms with E-state index >= 15 is 0 Å². The Morgan fingerprint density at radius 1 is 1.40 bits per heavy atom. The lowest BCUT2D eigenvalue weighted by Gasteiger charge is -2.17. The largest absolute Gasteiger partial charge is 0.439 e. The predicted octanol–water partition coefficient (Wildman–Crippen LogP) is 1.07. The normalized spacial score (nSPS) is 17.6. The van der Waals surface area contributed by atoms with Crippen LogP contribution in [0.25, 0.3) is 11.1 Å². The highest BCUT2D eigenvalue weighted by Crippen LogP contribution is 2.19. The number of hydrogen-bond acceptors (Lipinski definition) is 5. The van der Waals surface area contributed by atoms with Gasteiger partial charge in [0.05, 0.1) is 13.1 Å². The summed E-state index contributed by atoms with van der Waals surface area (Å²) in [6.45, 7) is 2.64. The van der Waals surface area contributed by atoms with Crippen LogP contribution in [0.1, 0.15) is 12.3 Å². The smallest absolute Gasteiger partial charge is 0.236 e. The minimum Gasteiger partial charge on any atom is -0.439 e. The highest BCUT2D eigenvalue weighted by atomic mass is 16.3. The van der Waals surface area contributed by atoms with Crippen molar-refractivity contribution in [3.63, 3.8) is 0 Å². The molecule has 1 amide bonds. The van der Waals surface area contributed by atoms with E-state index in [0.29, 0.717) is 24.7 Å². The molecule has 2 aromatic rings. The molecule has 0 bridgehead atoms. The molecule has 3 rings (SSSR count). The number of nitrogens with two attached hydrogens (primary N) is 1. The molecule has 1 aromatic heterocycles. The fourth-order valence-corrected chi connectivity index (χ4v) is 2.43. The van der Waals surface area contributed by atoms with E-state index in [1.165, 1.54) is 0 Å². The maximum Gasteiger partial charge on any atom is 0.236 e. The first-order chi connectivity index (χ1) is 9.61. The Bertz CT molecular complexity index is 637. The van der Waals surface area contributed by atoms with Crippen LogP contribution >= 0.6 is 0 Å². The molecule has 106 valence electrons. The van der Waals surface area contributed by atoms with Crippen molar-refractivity contribution >= 4 is 22.7 Å². The summed E-state index contributed by atoms with van der Waals surface area (Å²) in [6.07, 6.45) is 0.968. The van der Waals surface area contributed by atoms with Gasteiger partial charge in [-0.2, -0.15) is 0 Å². The number of anilines is 1. The van der Waals surface area contributed by atoms with Gasteiger partial charge in [-0.1, -0.05) is 0 Å². The molecule has 0 atom stereocenters. The number of oxazole rings is 1. The molecule has 2 heterocycles. The van der Waals surface area contributed by atoms with E-state index in [1.54, 1.807) is 17.0 Å². The number of hydrogen-bond donors (Lipinski definition) is 1. The third-order valence-electron chi connectivity index (χ3n) is 3.57. The third kappa shape index (κ3) is 2.60. The van der Waals surface area contributed by atoms with Gasteiger partial charge in [-0.05, 0) is 24.6 Å². The molecule has 1 aliphatic heterocycles. The average Bonchev–Trinajstić information content (AvgIpc) is 2.71. The number of aromatic nitrogens is 1. The number of benzene rings is 1. The van der Waals surface area contributed by atoms with Crippen LogP contribution in [0.15, 0.2) is 22.6 Å². The van der Waals surface area contributed by atoms with E-state index < -0.39 is 0 Å². The first-order valence-electron chi connectivity index (χ1n) is 6.73. The Balaban J connectivity index is 1.77. The SMILES string of the molecule is CN1CCCN(Cc2nc3cc(N)ccc3o2)CC1=O. The van der Waals surface area contributed by atoms with Crippen LogP contribution in [0.4, 0.5) is 5.69 Å². The predicted molar refractivity (Wildman–Crippen MR) is 76.0 cm³/mol. The molecule has 1 aliphatic rings. The number of carbonyl (C=O) groups excluding carboxylic acids is 1. The maximum absolute atomic E-state index is 11.8. The summed E-state index contributed by atoms with van der Waals surface area (Å²) in [4.78, 5) is 20.1. The van der Waals surface area contributed by atoms with E-state index in [9.17, 15) is 4.79 Å². The van der Waals surface area contributed by atoms with Crippen LogP contribution in [-0.2, 0) is 11.3 Å². The van der Waals surface area contributed by atoms with Gasteiger partial charge in [0.1, 0.15) is 5.52 Å². The molecule has 6 heteroatoms. The Kier molecular flexibility index (Phi) is 3.31. The molecule has 2 N–H and O–H groups in total. The summed E-state index contributed by atoms with van der Waals surface area (Å²) in [6, 6.07) is 5.41. The van der Waals surface area contributed by atoms with Crippen LogP contribution in [-0.4, -0.2) is 47.4 Å². The molecule has 1 aromatic carbocycles. The summed E-state index contributed by atoms with van der Waals surface area (Å²) in [5.74, 6) is 0.769. The molecule has 0 spiro atoms. The molecule has 0 aliphatic carbocycles. The Morgan fingerprint density at radius 2 is 2.25 bits per heavy atom. The van der Waals surface area contributed by atoms with Crippen LogP contribution in [0.3, 0.4) is 0 Å². The van der Waals surface area contributed by atoms with Gasteiger partial charge in [-0.3, -0.25) is 9.69 Å². The van der Waals surface area contributed by atoms with Crippen molar-refractivity contribution in [2.24, 2.45) is 0 Å². The molecule has 0 saturated carbocycles. The summed E-state index contributed by atoms with van der Waals surface area (Å²) in [7, 11) is 1.84. The summed E-state index contributed by atoms with van der Waals surface area (Å²) in [5, 5.41) is 0. The number of nitrogens with zero attached hydrogens (tertiary/aromatic N) is 3. The van der Waals surface area contributed by atoms with Crippen LogP contribution < -0.4 is 5.73 Å². The molecule has 0 radical (unpaired) electrons. The van der Waals surface area contributed by atoms with Gasteiger partial charge in [-0.25, -0.2) is 4.98 Å². The lowest BCUT2D eigenvalue weighted by molar-refractivity contribution is -0.130. The monoisotopic (exact) mass is 274 g/mol. The molecule has 0 unspecified atom stereocenters. The lowest BCUT2D eigenvalue weighted by Crippen LogP contribution is -2.34. The molecular weight excluding hydrogens is 256 g/mol. The molecule has 1 fully saturated rings. The van der Waals surface area contributed by atoms with Gasteiger partial charge in [0, 0.05) is 25.8 Å². The summed E-state index contributed by atoms with van der Waals surface area (Å²) in [5.41, 5.74) is 7.89. The van der Waals surface area contributed by atoms with Crippen LogP contribution in [0.2, 0.25) is 0 Å². The number of carbonyl (C=O) groups is 1. The van der Waals surface area contributed by atoms with Crippen molar-refractivity contribution in [2.45, 2.75) is 13.0 Å². The minimum absolute atomic E-state index is 0.142. The van der Waals surface area contributed by atoms with Crippen molar-refractivity contribution < 1.29 is 9.21 Å². The fraction of sp³-hybridized carbons (Fsp3) is 0.429. The van der Waals surface area contributed by atoms with Gasteiger partial charge in [0.15, 0.2) is 5.58 Å². The zero-order chi connectivity index (χ0) is 14.1. The zero-order valence-electron chi connectivity index (χ0n) is 11.5. The summed E-state index contributed by atoms with van der Waals surface area (Å²) < 4.78 is 5.70. The van der Waals surface area contributed by atoms with Gasteiger partial charge in [0.2, 0.25) is 11.8 Å². The van der Waals surface area contributed by atoms with Crippen LogP contribution in [0, 0.1) is 0 Å². The Morgan fingerprint density at radius 3 is 3.10 bits per heavy atom. The Labute approximate surface area is 117 Å². The van der Waals surface area contributed by atoms with E-state index in [4.69, 9.17) is 10.2 Å². The van der Waals surface area contributed by atoms with Crippen molar-refractivity contribution in [3.05, 3.63) is 24.1 Å². The second-order valence-electron chi connectivity index (χ2n) is 5.21. The number of nitrogen functional groups attached to an aromatic ring is 1. The topological polar surface area (TPSA) is 75.6 Å². The van der Waals surface area contributed by atoms with Gasteiger partial charge < -0.3 is 15.1 Å². The van der Waals surface area contributed by atoms with Crippen LogP contribution in [0.5, 0.6) is 0 Å². The van der Waals surface area contributed by atoms with E-state index in [-0.39, 0.29) is 5.91 Å². The highest BCUT2D eigenvalue weighted by molar-refractivity contribution is 5.78. The first-order valence-corrected chi connectivity index (χ1v) is 6.73. The van der Waals surface area contributed by atoms with Crippen molar-refractivity contribution in [2.75, 3.05) is 32.4 Å². The number of fused-ring (bicyclic) bond motifs is 1. The molecule has 20 heavy (non-hydrogen) atoms. The molecule has 1 saturated heterocycles. The second kappa shape index (κ2) is 5.13. The zero-order valence-corrected chi connectivity index (χ0v) is 11.5. The van der Waals surface area contributed by atoms with Crippen molar-refractivity contribution in [1.82, 2.24) is 14.8 Å². The van der Waals surface area contributed by atoms with Crippen molar-refractivity contribution in [3.8, 4) is 0 Å². The number of amides is 1. The number of likely N-dealkylation sites (N-methyl/N-ethyl adjacent to an activating group) is 1. The standard InChI is InChI=1S/C14H18N4O2/c1-17-5-2-6-18(9-14(17)19)8-13-16-11-7-10(15)3-4-12(11)20-13/h3-4,7H,2,5-6,8-9,15H2,1H3. The van der Waals surface area contributed by atoms with Crippen molar-refractivity contribution in [1.29, 1.82) is 0 Å². The van der Waals surface area contributed by atoms with Gasteiger partial charge in [0.25, 0.3) is 0 Å². The van der Waals surface area contributed by atoms with E-state index in [2.05, 4.69) is 9.88 Å². The first kappa shape index (κ1) is 12.9. The lowest BCUT2D eigenvalue weighted by atomic mass is 10.3. The summed E-state index contributed by atoms with van der Waals surface area (Å²) >= 11 is 0. The minimum atomic E-state index is 0.142. The van der Waals surface area contributed by atoms with Gasteiger partial charge in [-0.15, -0.1) is 0 Å². The van der Waals surface area contributed by atoms with E-state index in [0.717, 1.165) is 30.6 Å². The average molecular weight is 274 g/mol. The fourth-order valence-electron chi connectivity index (χ4n) is 2.43. The second-order valence-corrected chi connectivity index (χ2v) is 5.21. The molecule has 6 nitrogen and oxygen atoms in total. The third-order valence-corrected chi connectivity index (χ3v) is 3.57. The maximum atomic E-state index is 11.8. The highest BCUT2D eigenvalue weighted by Gasteiger charge is 2.20. The van der Waals surface area contributed by atoms with E-state index in [1.807, 2.05) is 13.1 Å².